The minimum absolute atomic E-state index is 0. The number of hydrogen-bond acceptors (Lipinski definition) is 5. The molecule has 1 fully saturated rings. The first-order chi connectivity index (χ1) is 11.2. The van der Waals surface area contributed by atoms with Gasteiger partial charge in [0.25, 0.3) is 0 Å². The topological polar surface area (TPSA) is 63.2 Å². The Hall–Kier alpha value is -1.63. The molecular formula is C17H22ClN3O2S. The highest BCUT2D eigenvalue weighted by Crippen LogP contribution is 2.33. The number of benzene rings is 1. The highest BCUT2D eigenvalue weighted by atomic mass is 35.5. The van der Waals surface area contributed by atoms with Crippen molar-refractivity contribution in [2.45, 2.75) is 19.8 Å². The number of carbonyl (C=O) groups excluding carboxylic acids is 1. The van der Waals surface area contributed by atoms with Crippen molar-refractivity contribution in [1.82, 2.24) is 10.3 Å². The van der Waals surface area contributed by atoms with E-state index in [1.54, 1.807) is 7.11 Å². The second-order valence-electron chi connectivity index (χ2n) is 5.76. The fourth-order valence-corrected chi connectivity index (χ4v) is 3.48. The number of methoxy groups -OCH3 is 1. The number of hydrogen-bond donors (Lipinski definition) is 2. The predicted molar refractivity (Wildman–Crippen MR) is 100 cm³/mol. The van der Waals surface area contributed by atoms with Gasteiger partial charge in [0.1, 0.15) is 5.75 Å². The Morgan fingerprint density at radius 2 is 2.12 bits per heavy atom. The third-order valence-electron chi connectivity index (χ3n) is 4.08. The molecule has 0 bridgehead atoms. The molecule has 2 N–H and O–H groups in total. The largest absolute Gasteiger partial charge is 0.496 e. The standard InChI is InChI=1S/C17H21N3O2S.ClH/c1-11-3-4-15(22-2)13(9-11)14-10-23-17(19-14)20-16(21)12-5-7-18-8-6-12;/h3-4,9-10,12,18H,5-8H2,1-2H3,(H,19,20,21);1H. The maximum absolute atomic E-state index is 12.3. The fourth-order valence-electron chi connectivity index (χ4n) is 2.77. The summed E-state index contributed by atoms with van der Waals surface area (Å²) in [6.45, 7) is 3.85. The average Bonchev–Trinajstić information content (AvgIpc) is 3.04. The van der Waals surface area contributed by atoms with Crippen molar-refractivity contribution in [2.75, 3.05) is 25.5 Å². The van der Waals surface area contributed by atoms with Gasteiger partial charge in [-0.05, 0) is 45.0 Å². The van der Waals surface area contributed by atoms with E-state index < -0.39 is 0 Å². The zero-order valence-corrected chi connectivity index (χ0v) is 15.4. The van der Waals surface area contributed by atoms with E-state index in [1.165, 1.54) is 11.3 Å². The van der Waals surface area contributed by atoms with Crippen LogP contribution in [0.3, 0.4) is 0 Å². The number of rotatable bonds is 4. The minimum atomic E-state index is 0. The molecule has 0 saturated carbocycles. The van der Waals surface area contributed by atoms with Gasteiger partial charge in [0.2, 0.25) is 5.91 Å². The smallest absolute Gasteiger partial charge is 0.229 e. The summed E-state index contributed by atoms with van der Waals surface area (Å²) in [5, 5.41) is 8.82. The van der Waals surface area contributed by atoms with E-state index in [0.717, 1.165) is 48.5 Å². The van der Waals surface area contributed by atoms with Gasteiger partial charge in [0, 0.05) is 16.9 Å². The fraction of sp³-hybridized carbons (Fsp3) is 0.412. The Bertz CT molecular complexity index is 699. The summed E-state index contributed by atoms with van der Waals surface area (Å²) in [6, 6.07) is 6.00. The van der Waals surface area contributed by atoms with Crippen LogP contribution in [0, 0.1) is 12.8 Å². The van der Waals surface area contributed by atoms with E-state index in [9.17, 15) is 4.79 Å². The summed E-state index contributed by atoms with van der Waals surface area (Å²) in [4.78, 5) is 16.8. The van der Waals surface area contributed by atoms with Gasteiger partial charge in [-0.1, -0.05) is 11.6 Å². The molecular weight excluding hydrogens is 346 g/mol. The van der Waals surface area contributed by atoms with Crippen LogP contribution in [0.25, 0.3) is 11.3 Å². The minimum Gasteiger partial charge on any atom is -0.496 e. The van der Waals surface area contributed by atoms with Crippen LogP contribution in [0.5, 0.6) is 5.75 Å². The summed E-state index contributed by atoms with van der Waals surface area (Å²) in [5.41, 5.74) is 2.93. The molecule has 2 heterocycles. The third kappa shape index (κ3) is 4.26. The third-order valence-corrected chi connectivity index (χ3v) is 4.83. The van der Waals surface area contributed by atoms with Crippen LogP contribution in [0.1, 0.15) is 18.4 Å². The van der Waals surface area contributed by atoms with Gasteiger partial charge < -0.3 is 15.4 Å². The van der Waals surface area contributed by atoms with Crippen molar-refractivity contribution >= 4 is 34.8 Å². The van der Waals surface area contributed by atoms with Crippen LogP contribution >= 0.6 is 23.7 Å². The summed E-state index contributed by atoms with van der Waals surface area (Å²) in [6.07, 6.45) is 1.77. The van der Waals surface area contributed by atoms with Gasteiger partial charge in [-0.25, -0.2) is 4.98 Å². The van der Waals surface area contributed by atoms with E-state index in [1.807, 2.05) is 30.5 Å². The maximum Gasteiger partial charge on any atom is 0.229 e. The molecule has 0 aliphatic carbocycles. The molecule has 0 atom stereocenters. The first-order valence-corrected chi connectivity index (χ1v) is 8.67. The second kappa shape index (κ2) is 8.46. The number of carbonyl (C=O) groups is 1. The summed E-state index contributed by atoms with van der Waals surface area (Å²) >= 11 is 1.45. The normalized spacial score (nSPS) is 14.8. The number of piperidine rings is 1. The van der Waals surface area contributed by atoms with Gasteiger partial charge in [-0.2, -0.15) is 0 Å². The van der Waals surface area contributed by atoms with Crippen LogP contribution < -0.4 is 15.4 Å². The van der Waals surface area contributed by atoms with Crippen LogP contribution in [-0.4, -0.2) is 31.1 Å². The molecule has 1 aliphatic heterocycles. The molecule has 5 nitrogen and oxygen atoms in total. The van der Waals surface area contributed by atoms with Gasteiger partial charge >= 0.3 is 0 Å². The number of amides is 1. The Kier molecular flexibility index (Phi) is 6.60. The number of aryl methyl sites for hydroxylation is 1. The van der Waals surface area contributed by atoms with E-state index >= 15 is 0 Å². The van der Waals surface area contributed by atoms with E-state index in [0.29, 0.717) is 5.13 Å². The Morgan fingerprint density at radius 3 is 2.83 bits per heavy atom. The SMILES string of the molecule is COc1ccc(C)cc1-c1csc(NC(=O)C2CCNCC2)n1.Cl. The molecule has 130 valence electrons. The Morgan fingerprint density at radius 1 is 1.38 bits per heavy atom. The molecule has 0 unspecified atom stereocenters. The van der Waals surface area contributed by atoms with Gasteiger partial charge in [0.05, 0.1) is 12.8 Å². The zero-order valence-electron chi connectivity index (χ0n) is 13.8. The molecule has 24 heavy (non-hydrogen) atoms. The molecule has 1 saturated heterocycles. The van der Waals surface area contributed by atoms with Crippen molar-refractivity contribution in [3.8, 4) is 17.0 Å². The number of ether oxygens (including phenoxy) is 1. The van der Waals surface area contributed by atoms with Gasteiger partial charge in [-0.15, -0.1) is 23.7 Å². The summed E-state index contributed by atoms with van der Waals surface area (Å²) in [5.74, 6) is 0.942. The molecule has 3 rings (SSSR count). The molecule has 2 aromatic rings. The Labute approximate surface area is 152 Å². The van der Waals surface area contributed by atoms with Crippen molar-refractivity contribution in [2.24, 2.45) is 5.92 Å². The lowest BCUT2D eigenvalue weighted by Gasteiger charge is -2.21. The van der Waals surface area contributed by atoms with E-state index in [2.05, 4.69) is 15.6 Å². The molecule has 0 radical (unpaired) electrons. The quantitative estimate of drug-likeness (QED) is 0.868. The molecule has 1 aliphatic rings. The number of thiazole rings is 1. The van der Waals surface area contributed by atoms with Crippen molar-refractivity contribution < 1.29 is 9.53 Å². The lowest BCUT2D eigenvalue weighted by molar-refractivity contribution is -0.120. The maximum atomic E-state index is 12.3. The first-order valence-electron chi connectivity index (χ1n) is 7.79. The summed E-state index contributed by atoms with van der Waals surface area (Å²) in [7, 11) is 1.65. The lowest BCUT2D eigenvalue weighted by atomic mass is 9.97. The first kappa shape index (κ1) is 18.7. The lowest BCUT2D eigenvalue weighted by Crippen LogP contribution is -2.34. The molecule has 1 aromatic heterocycles. The number of nitrogens with one attached hydrogen (secondary N) is 2. The summed E-state index contributed by atoms with van der Waals surface area (Å²) < 4.78 is 5.41. The highest BCUT2D eigenvalue weighted by molar-refractivity contribution is 7.14. The Balaban J connectivity index is 0.00000208. The van der Waals surface area contributed by atoms with Gasteiger partial charge in [-0.3, -0.25) is 4.79 Å². The van der Waals surface area contributed by atoms with Crippen LogP contribution in [0.4, 0.5) is 5.13 Å². The average molecular weight is 368 g/mol. The van der Waals surface area contributed by atoms with Gasteiger partial charge in [0.15, 0.2) is 5.13 Å². The monoisotopic (exact) mass is 367 g/mol. The zero-order chi connectivity index (χ0) is 16.2. The van der Waals surface area contributed by atoms with Crippen LogP contribution in [0.2, 0.25) is 0 Å². The highest BCUT2D eigenvalue weighted by Gasteiger charge is 2.22. The van der Waals surface area contributed by atoms with Crippen LogP contribution in [0.15, 0.2) is 23.6 Å². The predicted octanol–water partition coefficient (Wildman–Crippen LogP) is 3.49. The van der Waals surface area contributed by atoms with E-state index in [-0.39, 0.29) is 24.2 Å². The van der Waals surface area contributed by atoms with Crippen LogP contribution in [-0.2, 0) is 4.79 Å². The van der Waals surface area contributed by atoms with E-state index in [4.69, 9.17) is 4.74 Å². The molecule has 1 amide bonds. The number of halogens is 1. The number of nitrogens with zero attached hydrogens (tertiary/aromatic N) is 1. The molecule has 1 aromatic carbocycles. The van der Waals surface area contributed by atoms with Crippen molar-refractivity contribution in [3.05, 3.63) is 29.1 Å². The molecule has 7 heteroatoms. The number of aromatic nitrogens is 1. The molecule has 0 spiro atoms. The second-order valence-corrected chi connectivity index (χ2v) is 6.61. The van der Waals surface area contributed by atoms with Crippen molar-refractivity contribution in [3.63, 3.8) is 0 Å². The number of anilines is 1. The van der Waals surface area contributed by atoms with Crippen molar-refractivity contribution in [1.29, 1.82) is 0 Å².